The predicted octanol–water partition coefficient (Wildman–Crippen LogP) is 7.22. The molecule has 3 nitrogen and oxygen atoms in total. The normalized spacial score (nSPS) is 13.0. The third-order valence-corrected chi connectivity index (χ3v) is 4.99. The van der Waals surface area contributed by atoms with Crippen molar-refractivity contribution in [1.29, 1.82) is 0 Å². The zero-order chi connectivity index (χ0) is 25.1. The third kappa shape index (κ3) is 6.77. The molecule has 11 heteroatoms. The standard InChI is InChI=1S/C23H17ClF7NO2/c24-16-5-7-18(8-6-16)34-19-3-1-2-17(11-19)32(13-21(33)23(29,30)31)12-14-10-15(22(26,27)28)4-9-20(14)25/h1-11,21,33H,12-13H2/t21-/m1/s1. The van der Waals surface area contributed by atoms with Crippen LogP contribution in [0, 0.1) is 5.82 Å². The Labute approximate surface area is 194 Å². The molecule has 0 saturated carbocycles. The van der Waals surface area contributed by atoms with Crippen molar-refractivity contribution >= 4 is 17.3 Å². The Balaban J connectivity index is 1.94. The molecule has 0 aliphatic carbocycles. The summed E-state index contributed by atoms with van der Waals surface area (Å²) in [5, 5.41) is 10.1. The second-order valence-corrected chi connectivity index (χ2v) is 7.73. The van der Waals surface area contributed by atoms with Gasteiger partial charge >= 0.3 is 12.4 Å². The van der Waals surface area contributed by atoms with Crippen LogP contribution in [-0.4, -0.2) is 23.9 Å². The molecule has 0 aliphatic rings. The first-order valence-electron chi connectivity index (χ1n) is 9.72. The van der Waals surface area contributed by atoms with Gasteiger partial charge < -0.3 is 14.7 Å². The number of hydrogen-bond donors (Lipinski definition) is 1. The molecule has 3 aromatic rings. The Kier molecular flexibility index (Phi) is 7.62. The molecule has 1 N–H and O–H groups in total. The van der Waals surface area contributed by atoms with Gasteiger partial charge in [-0.1, -0.05) is 17.7 Å². The number of alkyl halides is 6. The highest BCUT2D eigenvalue weighted by molar-refractivity contribution is 6.30. The van der Waals surface area contributed by atoms with E-state index in [9.17, 15) is 35.8 Å². The SMILES string of the molecule is O[C@H](CN(Cc1cc(C(F)(F)F)ccc1F)c1cccc(Oc2ccc(Cl)cc2)c1)C(F)(F)F. The van der Waals surface area contributed by atoms with E-state index in [0.29, 0.717) is 29.0 Å². The van der Waals surface area contributed by atoms with Crippen LogP contribution < -0.4 is 9.64 Å². The smallest absolute Gasteiger partial charge is 0.416 e. The number of ether oxygens (including phenoxy) is 1. The lowest BCUT2D eigenvalue weighted by Crippen LogP contribution is -2.41. The van der Waals surface area contributed by atoms with Gasteiger partial charge in [0, 0.05) is 28.9 Å². The fraction of sp³-hybridized carbons (Fsp3) is 0.217. The Morgan fingerprint density at radius 3 is 2.18 bits per heavy atom. The van der Waals surface area contributed by atoms with E-state index in [4.69, 9.17) is 16.3 Å². The maximum atomic E-state index is 14.3. The molecule has 3 aromatic carbocycles. The van der Waals surface area contributed by atoms with Gasteiger partial charge in [0.1, 0.15) is 17.3 Å². The Morgan fingerprint density at radius 1 is 0.882 bits per heavy atom. The molecule has 0 amide bonds. The van der Waals surface area contributed by atoms with E-state index in [1.807, 2.05) is 0 Å². The number of halogens is 8. The molecule has 3 rings (SSSR count). The summed E-state index contributed by atoms with van der Waals surface area (Å²) in [4.78, 5) is 0.922. The molecule has 0 aliphatic heterocycles. The zero-order valence-corrected chi connectivity index (χ0v) is 17.9. The maximum Gasteiger partial charge on any atom is 0.416 e. The monoisotopic (exact) mass is 507 g/mol. The molecule has 0 unspecified atom stereocenters. The van der Waals surface area contributed by atoms with E-state index in [0.717, 1.165) is 4.90 Å². The number of aliphatic hydroxyl groups excluding tert-OH is 1. The lowest BCUT2D eigenvalue weighted by atomic mass is 10.1. The summed E-state index contributed by atoms with van der Waals surface area (Å²) >= 11 is 5.82. The summed E-state index contributed by atoms with van der Waals surface area (Å²) in [7, 11) is 0. The van der Waals surface area contributed by atoms with Gasteiger partial charge in [-0.15, -0.1) is 0 Å². The van der Waals surface area contributed by atoms with Crippen LogP contribution in [0.15, 0.2) is 66.7 Å². The van der Waals surface area contributed by atoms with Gasteiger partial charge in [-0.05, 0) is 54.6 Å². The van der Waals surface area contributed by atoms with E-state index in [-0.39, 0.29) is 11.4 Å². The fourth-order valence-electron chi connectivity index (χ4n) is 3.03. The fourth-order valence-corrected chi connectivity index (χ4v) is 3.16. The first-order chi connectivity index (χ1) is 15.8. The molecule has 0 fully saturated rings. The minimum atomic E-state index is -5.00. The van der Waals surface area contributed by atoms with Crippen molar-refractivity contribution in [3.63, 3.8) is 0 Å². The van der Waals surface area contributed by atoms with Crippen molar-refractivity contribution in [2.24, 2.45) is 0 Å². The van der Waals surface area contributed by atoms with E-state index in [1.165, 1.54) is 24.3 Å². The largest absolute Gasteiger partial charge is 0.457 e. The summed E-state index contributed by atoms with van der Waals surface area (Å²) in [5.41, 5.74) is -1.58. The summed E-state index contributed by atoms with van der Waals surface area (Å²) < 4.78 is 98.2. The number of hydrogen-bond acceptors (Lipinski definition) is 3. The van der Waals surface area contributed by atoms with Gasteiger partial charge in [-0.3, -0.25) is 0 Å². The molecular weight excluding hydrogens is 491 g/mol. The number of rotatable bonds is 7. The van der Waals surface area contributed by atoms with Crippen molar-refractivity contribution in [3.8, 4) is 11.5 Å². The Morgan fingerprint density at radius 2 is 1.56 bits per heavy atom. The molecule has 0 saturated heterocycles. The molecule has 0 aromatic heterocycles. The summed E-state index contributed by atoms with van der Waals surface area (Å²) in [5.74, 6) is -0.476. The predicted molar refractivity (Wildman–Crippen MR) is 112 cm³/mol. The Bertz CT molecular complexity index is 1120. The average molecular weight is 508 g/mol. The van der Waals surface area contributed by atoms with E-state index >= 15 is 0 Å². The average Bonchev–Trinajstić information content (AvgIpc) is 2.75. The van der Waals surface area contributed by atoms with Crippen LogP contribution in [0.5, 0.6) is 11.5 Å². The van der Waals surface area contributed by atoms with Crippen LogP contribution in [0.3, 0.4) is 0 Å². The number of benzene rings is 3. The molecule has 0 heterocycles. The minimum Gasteiger partial charge on any atom is -0.457 e. The van der Waals surface area contributed by atoms with Gasteiger partial charge in [0.25, 0.3) is 0 Å². The van der Waals surface area contributed by atoms with Gasteiger partial charge in [0.05, 0.1) is 12.1 Å². The molecule has 0 bridgehead atoms. The highest BCUT2D eigenvalue weighted by Crippen LogP contribution is 2.33. The number of anilines is 1. The highest BCUT2D eigenvalue weighted by Gasteiger charge is 2.39. The number of aliphatic hydroxyl groups is 1. The highest BCUT2D eigenvalue weighted by atomic mass is 35.5. The van der Waals surface area contributed by atoms with E-state index in [2.05, 4.69) is 0 Å². The van der Waals surface area contributed by atoms with Gasteiger partial charge in [0.15, 0.2) is 6.10 Å². The summed E-state index contributed by atoms with van der Waals surface area (Å²) in [6, 6.07) is 13.5. The maximum absolute atomic E-state index is 14.3. The first-order valence-corrected chi connectivity index (χ1v) is 10.1. The van der Waals surface area contributed by atoms with E-state index < -0.39 is 48.5 Å². The molecule has 0 spiro atoms. The third-order valence-electron chi connectivity index (χ3n) is 4.74. The van der Waals surface area contributed by atoms with E-state index in [1.54, 1.807) is 24.3 Å². The summed E-state index contributed by atoms with van der Waals surface area (Å²) in [6.07, 6.45) is -12.6. The first kappa shape index (κ1) is 25.6. The minimum absolute atomic E-state index is 0.0616. The second-order valence-electron chi connectivity index (χ2n) is 7.30. The Hall–Kier alpha value is -2.98. The topological polar surface area (TPSA) is 32.7 Å². The van der Waals surface area contributed by atoms with Gasteiger partial charge in [-0.2, -0.15) is 26.3 Å². The van der Waals surface area contributed by atoms with Crippen molar-refractivity contribution in [3.05, 3.63) is 88.7 Å². The van der Waals surface area contributed by atoms with Crippen LogP contribution in [-0.2, 0) is 12.7 Å². The quantitative estimate of drug-likeness (QED) is 0.343. The van der Waals surface area contributed by atoms with Crippen LogP contribution in [0.25, 0.3) is 0 Å². The van der Waals surface area contributed by atoms with Gasteiger partial charge in [0.2, 0.25) is 0 Å². The summed E-state index contributed by atoms with van der Waals surface area (Å²) in [6.45, 7) is -1.73. The lowest BCUT2D eigenvalue weighted by Gasteiger charge is -2.29. The van der Waals surface area contributed by atoms with Gasteiger partial charge in [-0.25, -0.2) is 4.39 Å². The van der Waals surface area contributed by atoms with Crippen molar-refractivity contribution < 1.29 is 40.6 Å². The molecule has 34 heavy (non-hydrogen) atoms. The molecule has 1 atom stereocenters. The zero-order valence-electron chi connectivity index (χ0n) is 17.2. The van der Waals surface area contributed by atoms with Crippen molar-refractivity contribution in [1.82, 2.24) is 0 Å². The van der Waals surface area contributed by atoms with Crippen molar-refractivity contribution in [2.75, 3.05) is 11.4 Å². The van der Waals surface area contributed by atoms with Crippen LogP contribution in [0.4, 0.5) is 36.4 Å². The second kappa shape index (κ2) is 10.1. The van der Waals surface area contributed by atoms with Crippen molar-refractivity contribution in [2.45, 2.75) is 25.0 Å². The molecule has 182 valence electrons. The molecular formula is C23H17ClF7NO2. The number of nitrogens with zero attached hydrogens (tertiary/aromatic N) is 1. The lowest BCUT2D eigenvalue weighted by molar-refractivity contribution is -0.200. The van der Waals surface area contributed by atoms with Crippen LogP contribution >= 0.6 is 11.6 Å². The van der Waals surface area contributed by atoms with Crippen LogP contribution in [0.2, 0.25) is 5.02 Å². The van der Waals surface area contributed by atoms with Crippen LogP contribution in [0.1, 0.15) is 11.1 Å². The molecule has 0 radical (unpaired) electrons.